The number of hydrogen-bond acceptors (Lipinski definition) is 1. The average molecular weight is 293 g/mol. The summed E-state index contributed by atoms with van der Waals surface area (Å²) in [5.74, 6) is -0.00896. The molecule has 1 aromatic carbocycles. The summed E-state index contributed by atoms with van der Waals surface area (Å²) in [7, 11) is 0. The lowest BCUT2D eigenvalue weighted by Gasteiger charge is -2.05. The molecule has 0 bridgehead atoms. The lowest BCUT2D eigenvalue weighted by Crippen LogP contribution is -2.27. The number of amides is 1. The Balaban J connectivity index is 2.19. The van der Waals surface area contributed by atoms with Crippen LogP contribution in [0.25, 0.3) is 10.9 Å². The van der Waals surface area contributed by atoms with Gasteiger partial charge in [-0.1, -0.05) is 22.0 Å². The molecule has 0 aliphatic carbocycles. The Labute approximate surface area is 108 Å². The van der Waals surface area contributed by atoms with Crippen molar-refractivity contribution in [2.45, 2.75) is 6.54 Å². The molecule has 4 heteroatoms. The number of aromatic nitrogens is 1. The van der Waals surface area contributed by atoms with E-state index in [0.717, 1.165) is 15.4 Å². The molecule has 1 aromatic heterocycles. The monoisotopic (exact) mass is 292 g/mol. The third-order valence-electron chi connectivity index (χ3n) is 2.49. The smallest absolute Gasteiger partial charge is 0.240 e. The first-order valence-electron chi connectivity index (χ1n) is 5.32. The maximum absolute atomic E-state index is 11.6. The lowest BCUT2D eigenvalue weighted by molar-refractivity contribution is -0.121. The molecule has 2 aromatic rings. The molecular weight excluding hydrogens is 280 g/mol. The summed E-state index contributed by atoms with van der Waals surface area (Å²) in [5.41, 5.74) is 1.06. The van der Waals surface area contributed by atoms with Crippen LogP contribution in [0.5, 0.6) is 0 Å². The van der Waals surface area contributed by atoms with Gasteiger partial charge in [-0.25, -0.2) is 0 Å². The summed E-state index contributed by atoms with van der Waals surface area (Å²) in [5, 5.41) is 3.88. The first kappa shape index (κ1) is 11.9. The second kappa shape index (κ2) is 5.19. The number of nitrogens with one attached hydrogen (secondary N) is 1. The number of carbonyl (C=O) groups is 1. The van der Waals surface area contributed by atoms with E-state index in [-0.39, 0.29) is 5.91 Å². The second-order valence-corrected chi connectivity index (χ2v) is 4.66. The number of rotatable bonds is 4. The number of halogens is 1. The molecule has 1 N–H and O–H groups in total. The minimum absolute atomic E-state index is 0.00896. The molecule has 0 radical (unpaired) electrons. The van der Waals surface area contributed by atoms with Crippen molar-refractivity contribution in [3.63, 3.8) is 0 Å². The van der Waals surface area contributed by atoms with Crippen LogP contribution in [-0.2, 0) is 11.3 Å². The van der Waals surface area contributed by atoms with Crippen LogP contribution in [-0.4, -0.2) is 17.0 Å². The lowest BCUT2D eigenvalue weighted by atomic mass is 10.2. The van der Waals surface area contributed by atoms with Crippen molar-refractivity contribution in [3.05, 3.63) is 47.6 Å². The molecule has 0 saturated heterocycles. The minimum atomic E-state index is -0.00896. The van der Waals surface area contributed by atoms with E-state index in [1.54, 1.807) is 6.08 Å². The van der Waals surface area contributed by atoms with Gasteiger partial charge < -0.3 is 9.88 Å². The maximum Gasteiger partial charge on any atom is 0.240 e. The fourth-order valence-corrected chi connectivity index (χ4v) is 2.08. The highest BCUT2D eigenvalue weighted by molar-refractivity contribution is 9.10. The van der Waals surface area contributed by atoms with Gasteiger partial charge in [0.1, 0.15) is 6.54 Å². The summed E-state index contributed by atoms with van der Waals surface area (Å²) in [6.45, 7) is 4.40. The highest BCUT2D eigenvalue weighted by atomic mass is 79.9. The Kier molecular flexibility index (Phi) is 3.64. The van der Waals surface area contributed by atoms with Crippen LogP contribution in [0.1, 0.15) is 0 Å². The molecule has 0 atom stereocenters. The van der Waals surface area contributed by atoms with Crippen molar-refractivity contribution in [1.29, 1.82) is 0 Å². The molecule has 1 amide bonds. The Morgan fingerprint density at radius 1 is 1.47 bits per heavy atom. The van der Waals surface area contributed by atoms with Crippen molar-refractivity contribution in [3.8, 4) is 0 Å². The first-order chi connectivity index (χ1) is 8.20. The zero-order valence-electron chi connectivity index (χ0n) is 9.32. The van der Waals surface area contributed by atoms with Crippen molar-refractivity contribution >= 4 is 32.7 Å². The van der Waals surface area contributed by atoms with Gasteiger partial charge in [0, 0.05) is 28.1 Å². The topological polar surface area (TPSA) is 34.0 Å². The van der Waals surface area contributed by atoms with Gasteiger partial charge in [-0.05, 0) is 24.3 Å². The van der Waals surface area contributed by atoms with E-state index in [9.17, 15) is 4.79 Å². The molecule has 2 rings (SSSR count). The predicted octanol–water partition coefficient (Wildman–Crippen LogP) is 2.71. The van der Waals surface area contributed by atoms with Gasteiger partial charge >= 0.3 is 0 Å². The fraction of sp³-hybridized carbons (Fsp3) is 0.154. The molecule has 0 aliphatic heterocycles. The molecule has 88 valence electrons. The first-order valence-corrected chi connectivity index (χ1v) is 6.12. The average Bonchev–Trinajstić information content (AvgIpc) is 2.69. The molecule has 0 fully saturated rings. The van der Waals surface area contributed by atoms with Crippen LogP contribution >= 0.6 is 15.9 Å². The number of carbonyl (C=O) groups excluding carboxylic acids is 1. The van der Waals surface area contributed by atoms with E-state index < -0.39 is 0 Å². The summed E-state index contributed by atoms with van der Waals surface area (Å²) in [6.07, 6.45) is 3.59. The molecule has 0 spiro atoms. The summed E-state index contributed by atoms with van der Waals surface area (Å²) in [6, 6.07) is 8.01. The summed E-state index contributed by atoms with van der Waals surface area (Å²) < 4.78 is 2.97. The summed E-state index contributed by atoms with van der Waals surface area (Å²) in [4.78, 5) is 11.6. The van der Waals surface area contributed by atoms with Crippen molar-refractivity contribution < 1.29 is 4.79 Å². The summed E-state index contributed by atoms with van der Waals surface area (Å²) >= 11 is 3.43. The fourth-order valence-electron chi connectivity index (χ4n) is 1.71. The van der Waals surface area contributed by atoms with Crippen molar-refractivity contribution in [2.24, 2.45) is 0 Å². The molecule has 0 unspecified atom stereocenters. The van der Waals surface area contributed by atoms with E-state index in [4.69, 9.17) is 0 Å². The largest absolute Gasteiger partial charge is 0.351 e. The Hall–Kier alpha value is -1.55. The van der Waals surface area contributed by atoms with Crippen LogP contribution in [0.4, 0.5) is 0 Å². The molecule has 0 aliphatic rings. The number of nitrogens with zero attached hydrogens (tertiary/aromatic N) is 1. The highest BCUT2D eigenvalue weighted by Crippen LogP contribution is 2.20. The van der Waals surface area contributed by atoms with Crippen LogP contribution < -0.4 is 5.32 Å². The molecular formula is C13H13BrN2O. The van der Waals surface area contributed by atoms with E-state index in [0.29, 0.717) is 13.1 Å². The highest BCUT2D eigenvalue weighted by Gasteiger charge is 2.05. The predicted molar refractivity (Wildman–Crippen MR) is 72.8 cm³/mol. The maximum atomic E-state index is 11.6. The van der Waals surface area contributed by atoms with Crippen LogP contribution in [0.2, 0.25) is 0 Å². The van der Waals surface area contributed by atoms with E-state index >= 15 is 0 Å². The number of fused-ring (bicyclic) bond motifs is 1. The normalized spacial score (nSPS) is 10.4. The molecule has 1 heterocycles. The van der Waals surface area contributed by atoms with Crippen molar-refractivity contribution in [2.75, 3.05) is 6.54 Å². The van der Waals surface area contributed by atoms with Gasteiger partial charge in [0.25, 0.3) is 0 Å². The zero-order valence-corrected chi connectivity index (χ0v) is 10.9. The SMILES string of the molecule is C=CCNC(=O)Cn1ccc2cc(Br)ccc21. The molecule has 17 heavy (non-hydrogen) atoms. The van der Waals surface area contributed by atoms with E-state index in [1.165, 1.54) is 0 Å². The Bertz CT molecular complexity index is 560. The van der Waals surface area contributed by atoms with Crippen LogP contribution in [0, 0.1) is 0 Å². The van der Waals surface area contributed by atoms with Gasteiger partial charge in [0.15, 0.2) is 0 Å². The van der Waals surface area contributed by atoms with Gasteiger partial charge in [0.2, 0.25) is 5.91 Å². The minimum Gasteiger partial charge on any atom is -0.351 e. The van der Waals surface area contributed by atoms with Crippen molar-refractivity contribution in [1.82, 2.24) is 9.88 Å². The van der Waals surface area contributed by atoms with Gasteiger partial charge in [-0.2, -0.15) is 0 Å². The number of hydrogen-bond donors (Lipinski definition) is 1. The van der Waals surface area contributed by atoms with Gasteiger partial charge in [-0.15, -0.1) is 6.58 Å². The van der Waals surface area contributed by atoms with Crippen LogP contribution in [0.15, 0.2) is 47.6 Å². The zero-order chi connectivity index (χ0) is 12.3. The quantitative estimate of drug-likeness (QED) is 0.864. The number of benzene rings is 1. The molecule has 0 saturated carbocycles. The van der Waals surface area contributed by atoms with Crippen LogP contribution in [0.3, 0.4) is 0 Å². The second-order valence-electron chi connectivity index (χ2n) is 3.74. The Morgan fingerprint density at radius 3 is 3.06 bits per heavy atom. The van der Waals surface area contributed by atoms with Gasteiger partial charge in [-0.3, -0.25) is 4.79 Å². The third kappa shape index (κ3) is 2.77. The van der Waals surface area contributed by atoms with E-state index in [1.807, 2.05) is 35.0 Å². The van der Waals surface area contributed by atoms with Gasteiger partial charge in [0.05, 0.1) is 0 Å². The standard InChI is InChI=1S/C13H13BrN2O/c1-2-6-15-13(17)9-16-7-5-10-8-11(14)3-4-12(10)16/h2-5,7-8H,1,6,9H2,(H,15,17). The third-order valence-corrected chi connectivity index (χ3v) is 2.98. The van der Waals surface area contributed by atoms with E-state index in [2.05, 4.69) is 27.8 Å². The Morgan fingerprint density at radius 2 is 2.29 bits per heavy atom. The molecule has 3 nitrogen and oxygen atoms in total.